The molecule has 180 valence electrons. The van der Waals surface area contributed by atoms with Gasteiger partial charge in [0.15, 0.2) is 0 Å². The maximum absolute atomic E-state index is 13.6. The van der Waals surface area contributed by atoms with Crippen molar-refractivity contribution in [1.82, 2.24) is 14.5 Å². The number of fused-ring (bicyclic) bond motifs is 1. The quantitative estimate of drug-likeness (QED) is 0.306. The molecule has 0 spiro atoms. The third-order valence-electron chi connectivity index (χ3n) is 5.63. The molecular weight excluding hydrogens is 483 g/mol. The molecule has 1 aromatic heterocycles. The van der Waals surface area contributed by atoms with Crippen LogP contribution in [0.1, 0.15) is 32.6 Å². The van der Waals surface area contributed by atoms with E-state index in [0.717, 1.165) is 0 Å². The van der Waals surface area contributed by atoms with E-state index in [9.17, 15) is 9.59 Å². The second-order valence-electron chi connectivity index (χ2n) is 8.77. The molecule has 4 rings (SSSR count). The SMILES string of the molecule is CC(C)CN(C(=O)Nc1cccc(Cl)c1)C(C)c1nc2ccccc2c(=O)n1-c1ccc(Cl)cc1. The molecule has 3 aromatic carbocycles. The van der Waals surface area contributed by atoms with Crippen LogP contribution in [0.5, 0.6) is 0 Å². The van der Waals surface area contributed by atoms with Gasteiger partial charge in [0.05, 0.1) is 22.6 Å². The summed E-state index contributed by atoms with van der Waals surface area (Å²) >= 11 is 12.2. The lowest BCUT2D eigenvalue weighted by Gasteiger charge is -2.32. The minimum Gasteiger partial charge on any atom is -0.314 e. The summed E-state index contributed by atoms with van der Waals surface area (Å²) in [5.74, 6) is 0.636. The van der Waals surface area contributed by atoms with Gasteiger partial charge in [-0.25, -0.2) is 9.78 Å². The Balaban J connectivity index is 1.84. The second-order valence-corrected chi connectivity index (χ2v) is 9.64. The number of hydrogen-bond acceptors (Lipinski definition) is 3. The summed E-state index contributed by atoms with van der Waals surface area (Å²) in [5, 5.41) is 4.51. The lowest BCUT2D eigenvalue weighted by molar-refractivity contribution is 0.179. The van der Waals surface area contributed by atoms with E-state index in [1.54, 1.807) is 70.1 Å². The molecule has 1 unspecified atom stereocenters. The topological polar surface area (TPSA) is 67.2 Å². The van der Waals surface area contributed by atoms with Crippen LogP contribution < -0.4 is 10.9 Å². The number of rotatable bonds is 6. The van der Waals surface area contributed by atoms with E-state index in [2.05, 4.69) is 5.32 Å². The van der Waals surface area contributed by atoms with Crippen molar-refractivity contribution in [2.75, 3.05) is 11.9 Å². The number of urea groups is 1. The Morgan fingerprint density at radius 3 is 2.37 bits per heavy atom. The van der Waals surface area contributed by atoms with Crippen LogP contribution in [0.15, 0.2) is 77.6 Å². The summed E-state index contributed by atoms with van der Waals surface area (Å²) in [6, 6.07) is 20.4. The number of halogens is 2. The molecule has 1 N–H and O–H groups in total. The Bertz CT molecular complexity index is 1420. The lowest BCUT2D eigenvalue weighted by Crippen LogP contribution is -2.41. The molecule has 4 aromatic rings. The van der Waals surface area contributed by atoms with E-state index in [1.807, 2.05) is 32.9 Å². The maximum Gasteiger partial charge on any atom is 0.322 e. The Morgan fingerprint density at radius 1 is 0.971 bits per heavy atom. The number of hydrogen-bond donors (Lipinski definition) is 1. The predicted octanol–water partition coefficient (Wildman–Crippen LogP) is 6.94. The monoisotopic (exact) mass is 508 g/mol. The van der Waals surface area contributed by atoms with E-state index in [4.69, 9.17) is 28.2 Å². The zero-order valence-corrected chi connectivity index (χ0v) is 21.2. The number of carbonyl (C=O) groups excluding carboxylic acids is 1. The number of nitrogens with zero attached hydrogens (tertiary/aromatic N) is 3. The average molecular weight is 509 g/mol. The third-order valence-corrected chi connectivity index (χ3v) is 6.11. The minimum atomic E-state index is -0.524. The van der Waals surface area contributed by atoms with Crippen molar-refractivity contribution in [3.63, 3.8) is 0 Å². The summed E-state index contributed by atoms with van der Waals surface area (Å²) in [5.41, 5.74) is 1.58. The Hall–Kier alpha value is -3.35. The van der Waals surface area contributed by atoms with Gasteiger partial charge in [0.25, 0.3) is 5.56 Å². The fraction of sp³-hybridized carbons (Fsp3) is 0.222. The van der Waals surface area contributed by atoms with Crippen LogP contribution in [0.2, 0.25) is 10.0 Å². The van der Waals surface area contributed by atoms with Crippen molar-refractivity contribution in [2.24, 2.45) is 5.92 Å². The number of carbonyl (C=O) groups is 1. The van der Waals surface area contributed by atoms with E-state index < -0.39 is 6.04 Å². The summed E-state index contributed by atoms with van der Waals surface area (Å²) < 4.78 is 1.56. The average Bonchev–Trinajstić information content (AvgIpc) is 2.83. The molecule has 0 saturated heterocycles. The van der Waals surface area contributed by atoms with Gasteiger partial charge < -0.3 is 10.2 Å². The van der Waals surface area contributed by atoms with Gasteiger partial charge in [0.1, 0.15) is 5.82 Å². The predicted molar refractivity (Wildman–Crippen MR) is 143 cm³/mol. The summed E-state index contributed by atoms with van der Waals surface area (Å²) in [6.45, 7) is 6.40. The first-order valence-corrected chi connectivity index (χ1v) is 12.1. The molecule has 2 amide bonds. The molecule has 6 nitrogen and oxygen atoms in total. The molecular formula is C27H26Cl2N4O2. The number of amides is 2. The molecule has 0 bridgehead atoms. The molecule has 1 heterocycles. The van der Waals surface area contributed by atoms with Gasteiger partial charge in [-0.1, -0.05) is 55.2 Å². The van der Waals surface area contributed by atoms with Crippen molar-refractivity contribution < 1.29 is 4.79 Å². The number of nitrogens with one attached hydrogen (secondary N) is 1. The zero-order chi connectivity index (χ0) is 25.1. The minimum absolute atomic E-state index is 0.179. The highest BCUT2D eigenvalue weighted by molar-refractivity contribution is 6.31. The highest BCUT2D eigenvalue weighted by Crippen LogP contribution is 2.26. The molecule has 8 heteroatoms. The van der Waals surface area contributed by atoms with Gasteiger partial charge >= 0.3 is 6.03 Å². The number of aromatic nitrogens is 2. The fourth-order valence-corrected chi connectivity index (χ4v) is 4.30. The number of anilines is 1. The molecule has 0 fully saturated rings. The third kappa shape index (κ3) is 5.50. The molecule has 0 saturated carbocycles. The van der Waals surface area contributed by atoms with Crippen molar-refractivity contribution in [3.05, 3.63) is 99.0 Å². The smallest absolute Gasteiger partial charge is 0.314 e. The Kier molecular flexibility index (Phi) is 7.43. The number of para-hydroxylation sites is 1. The van der Waals surface area contributed by atoms with Crippen molar-refractivity contribution >= 4 is 45.8 Å². The summed E-state index contributed by atoms with van der Waals surface area (Å²) in [6.07, 6.45) is 0. The van der Waals surface area contributed by atoms with Gasteiger partial charge in [-0.2, -0.15) is 0 Å². The zero-order valence-electron chi connectivity index (χ0n) is 19.7. The van der Waals surface area contributed by atoms with Crippen molar-refractivity contribution in [2.45, 2.75) is 26.8 Å². The fourth-order valence-electron chi connectivity index (χ4n) is 3.98. The van der Waals surface area contributed by atoms with Gasteiger partial charge in [-0.05, 0) is 67.4 Å². The van der Waals surface area contributed by atoms with Crippen LogP contribution in [-0.4, -0.2) is 27.0 Å². The van der Waals surface area contributed by atoms with Crippen LogP contribution in [0.4, 0.5) is 10.5 Å². The standard InChI is InChI=1S/C27H26Cl2N4O2/c1-17(2)16-32(27(35)30-21-8-6-7-20(29)15-21)18(3)25-31-24-10-5-4-9-23(24)26(34)33(25)22-13-11-19(28)12-14-22/h4-15,17-18H,16H2,1-3H3,(H,30,35). The normalized spacial score (nSPS) is 12.1. The molecule has 0 aliphatic heterocycles. The lowest BCUT2D eigenvalue weighted by atomic mass is 10.1. The van der Waals surface area contributed by atoms with Crippen LogP contribution in [0.3, 0.4) is 0 Å². The van der Waals surface area contributed by atoms with Crippen LogP contribution in [0.25, 0.3) is 16.6 Å². The first-order valence-electron chi connectivity index (χ1n) is 11.4. The van der Waals surface area contributed by atoms with Gasteiger partial charge in [0.2, 0.25) is 0 Å². The van der Waals surface area contributed by atoms with E-state index >= 15 is 0 Å². The van der Waals surface area contributed by atoms with Crippen LogP contribution in [-0.2, 0) is 0 Å². The highest BCUT2D eigenvalue weighted by atomic mass is 35.5. The first kappa shape index (κ1) is 24.8. The number of benzene rings is 3. The molecule has 0 radical (unpaired) electrons. The van der Waals surface area contributed by atoms with E-state index in [1.165, 1.54) is 0 Å². The summed E-state index contributed by atoms with van der Waals surface area (Å²) in [4.78, 5) is 33.6. The maximum atomic E-state index is 13.6. The second kappa shape index (κ2) is 10.5. The summed E-state index contributed by atoms with van der Waals surface area (Å²) in [7, 11) is 0. The Morgan fingerprint density at radius 2 is 1.69 bits per heavy atom. The Labute approximate surface area is 214 Å². The van der Waals surface area contributed by atoms with Crippen LogP contribution >= 0.6 is 23.2 Å². The van der Waals surface area contributed by atoms with E-state index in [-0.39, 0.29) is 17.5 Å². The molecule has 35 heavy (non-hydrogen) atoms. The van der Waals surface area contributed by atoms with Crippen molar-refractivity contribution in [3.8, 4) is 5.69 Å². The molecule has 0 aliphatic rings. The largest absolute Gasteiger partial charge is 0.322 e. The van der Waals surface area contributed by atoms with Gasteiger partial charge in [-0.3, -0.25) is 9.36 Å². The molecule has 1 atom stereocenters. The van der Waals surface area contributed by atoms with Gasteiger partial charge in [0, 0.05) is 22.3 Å². The van der Waals surface area contributed by atoms with Crippen molar-refractivity contribution in [1.29, 1.82) is 0 Å². The first-order chi connectivity index (χ1) is 16.7. The van der Waals surface area contributed by atoms with Crippen LogP contribution in [0, 0.1) is 5.92 Å². The van der Waals surface area contributed by atoms with Gasteiger partial charge in [-0.15, -0.1) is 0 Å². The van der Waals surface area contributed by atoms with E-state index in [0.29, 0.717) is 44.7 Å². The molecule has 0 aliphatic carbocycles. The highest BCUT2D eigenvalue weighted by Gasteiger charge is 2.27.